The van der Waals surface area contributed by atoms with Crippen LogP contribution in [0.3, 0.4) is 0 Å². The van der Waals surface area contributed by atoms with E-state index in [0.29, 0.717) is 5.92 Å². The van der Waals surface area contributed by atoms with Crippen LogP contribution >= 0.6 is 11.8 Å². The van der Waals surface area contributed by atoms with Gasteiger partial charge < -0.3 is 4.74 Å². The fourth-order valence-corrected chi connectivity index (χ4v) is 4.11. The van der Waals surface area contributed by atoms with Gasteiger partial charge in [0.25, 0.3) is 0 Å². The van der Waals surface area contributed by atoms with Crippen molar-refractivity contribution in [1.29, 1.82) is 0 Å². The zero-order valence-electron chi connectivity index (χ0n) is 11.0. The highest BCUT2D eigenvalue weighted by atomic mass is 32.2. The molecule has 1 fully saturated rings. The number of hydrogen-bond acceptors (Lipinski definition) is 5. The molecule has 1 saturated heterocycles. The second kappa shape index (κ2) is 6.22. The van der Waals surface area contributed by atoms with E-state index in [2.05, 4.69) is 16.5 Å². The molecule has 0 bridgehead atoms. The molecule has 1 aliphatic heterocycles. The quantitative estimate of drug-likeness (QED) is 0.648. The van der Waals surface area contributed by atoms with Gasteiger partial charge in [0.05, 0.1) is 18.8 Å². The number of hydrazine groups is 1. The minimum Gasteiger partial charge on any atom is -0.375 e. The summed E-state index contributed by atoms with van der Waals surface area (Å²) in [6.45, 7) is 0.829. The minimum atomic E-state index is 0.168. The number of nitrogens with one attached hydrogen (secondary N) is 1. The van der Waals surface area contributed by atoms with Crippen molar-refractivity contribution in [2.45, 2.75) is 37.3 Å². The summed E-state index contributed by atoms with van der Waals surface area (Å²) in [6.07, 6.45) is 5.57. The number of pyridine rings is 1. The summed E-state index contributed by atoms with van der Waals surface area (Å²) in [5, 5.41) is 0. The first kappa shape index (κ1) is 13.4. The van der Waals surface area contributed by atoms with Gasteiger partial charge in [-0.05, 0) is 30.9 Å². The minimum absolute atomic E-state index is 0.168. The van der Waals surface area contributed by atoms with E-state index in [4.69, 9.17) is 10.6 Å². The molecule has 3 unspecified atom stereocenters. The molecule has 1 aromatic heterocycles. The van der Waals surface area contributed by atoms with Gasteiger partial charge in [0, 0.05) is 29.3 Å². The Morgan fingerprint density at radius 2 is 2.47 bits per heavy atom. The molecule has 1 aromatic rings. The molecule has 0 saturated carbocycles. The fraction of sp³-hybridized carbons (Fsp3) is 0.643. The average molecular weight is 279 g/mol. The Bertz CT molecular complexity index is 423. The van der Waals surface area contributed by atoms with Crippen LogP contribution in [0.5, 0.6) is 0 Å². The molecule has 0 aromatic carbocycles. The highest BCUT2D eigenvalue weighted by molar-refractivity contribution is 7.99. The number of hydrogen-bond donors (Lipinski definition) is 2. The van der Waals surface area contributed by atoms with Crippen molar-refractivity contribution < 1.29 is 4.74 Å². The van der Waals surface area contributed by atoms with Crippen LogP contribution in [0, 0.1) is 0 Å². The summed E-state index contributed by atoms with van der Waals surface area (Å²) in [5.74, 6) is 8.31. The van der Waals surface area contributed by atoms with Gasteiger partial charge in [-0.2, -0.15) is 11.8 Å². The number of fused-ring (bicyclic) bond motifs is 1. The summed E-state index contributed by atoms with van der Waals surface area (Å²) >= 11 is 1.95. The van der Waals surface area contributed by atoms with Crippen molar-refractivity contribution in [3.8, 4) is 0 Å². The maximum atomic E-state index is 5.91. The Kier molecular flexibility index (Phi) is 4.38. The van der Waals surface area contributed by atoms with E-state index in [0.717, 1.165) is 31.0 Å². The standard InChI is InChI=1S/C14H21N3OS/c15-17-14(12-9-19-8-7-18-12)11-5-1-3-10-4-2-6-16-13(10)11/h2,4,6,11-12,14,17H,1,3,5,7-9,15H2. The van der Waals surface area contributed by atoms with Gasteiger partial charge in [-0.1, -0.05) is 6.07 Å². The highest BCUT2D eigenvalue weighted by Gasteiger charge is 2.35. The van der Waals surface area contributed by atoms with Gasteiger partial charge in [0.15, 0.2) is 0 Å². The van der Waals surface area contributed by atoms with Crippen molar-refractivity contribution in [3.05, 3.63) is 29.6 Å². The lowest BCUT2D eigenvalue weighted by Crippen LogP contribution is -2.52. The Hall–Kier alpha value is -0.620. The number of rotatable bonds is 3. The van der Waals surface area contributed by atoms with Crippen LogP contribution in [-0.4, -0.2) is 35.2 Å². The molecule has 3 N–H and O–H groups in total. The summed E-state index contributed by atoms with van der Waals surface area (Å²) in [7, 11) is 0. The monoisotopic (exact) mass is 279 g/mol. The van der Waals surface area contributed by atoms with Crippen LogP contribution in [0.15, 0.2) is 18.3 Å². The van der Waals surface area contributed by atoms with E-state index in [1.165, 1.54) is 17.7 Å². The third kappa shape index (κ3) is 2.79. The largest absolute Gasteiger partial charge is 0.375 e. The molecule has 5 heteroatoms. The molecule has 19 heavy (non-hydrogen) atoms. The molecule has 3 atom stereocenters. The molecule has 104 valence electrons. The number of nitrogens with two attached hydrogens (primary N) is 1. The van der Waals surface area contributed by atoms with Crippen LogP contribution < -0.4 is 11.3 Å². The van der Waals surface area contributed by atoms with Crippen LogP contribution in [0.1, 0.15) is 30.0 Å². The molecule has 1 aliphatic carbocycles. The Labute approximate surface area is 118 Å². The van der Waals surface area contributed by atoms with Gasteiger partial charge in [-0.15, -0.1) is 0 Å². The summed E-state index contributed by atoms with van der Waals surface area (Å²) in [6, 6.07) is 4.39. The molecule has 0 amide bonds. The molecular weight excluding hydrogens is 258 g/mol. The lowest BCUT2D eigenvalue weighted by atomic mass is 9.80. The molecule has 2 heterocycles. The average Bonchev–Trinajstić information content (AvgIpc) is 2.49. The number of aryl methyl sites for hydroxylation is 1. The molecule has 0 spiro atoms. The maximum absolute atomic E-state index is 5.91. The number of nitrogens with zero attached hydrogens (tertiary/aromatic N) is 1. The Morgan fingerprint density at radius 3 is 3.26 bits per heavy atom. The summed E-state index contributed by atoms with van der Waals surface area (Å²) in [4.78, 5) is 4.61. The van der Waals surface area contributed by atoms with E-state index in [9.17, 15) is 0 Å². The predicted molar refractivity (Wildman–Crippen MR) is 78.1 cm³/mol. The zero-order valence-corrected chi connectivity index (χ0v) is 11.9. The summed E-state index contributed by atoms with van der Waals surface area (Å²) in [5.41, 5.74) is 5.60. The van der Waals surface area contributed by atoms with Crippen LogP contribution in [-0.2, 0) is 11.2 Å². The van der Waals surface area contributed by atoms with Crippen molar-refractivity contribution in [2.75, 3.05) is 18.1 Å². The van der Waals surface area contributed by atoms with Crippen molar-refractivity contribution >= 4 is 11.8 Å². The van der Waals surface area contributed by atoms with E-state index in [-0.39, 0.29) is 12.1 Å². The van der Waals surface area contributed by atoms with E-state index in [1.807, 2.05) is 24.0 Å². The van der Waals surface area contributed by atoms with Gasteiger partial charge in [0.1, 0.15) is 0 Å². The number of thioether (sulfide) groups is 1. The van der Waals surface area contributed by atoms with Gasteiger partial charge in [-0.25, -0.2) is 0 Å². The van der Waals surface area contributed by atoms with Crippen molar-refractivity contribution in [2.24, 2.45) is 5.84 Å². The molecule has 3 rings (SSSR count). The van der Waals surface area contributed by atoms with E-state index < -0.39 is 0 Å². The lowest BCUT2D eigenvalue weighted by Gasteiger charge is -2.37. The highest BCUT2D eigenvalue weighted by Crippen LogP contribution is 2.35. The third-order valence-corrected chi connectivity index (χ3v) is 5.13. The second-order valence-corrected chi connectivity index (χ2v) is 6.37. The SMILES string of the molecule is NNC(C1CSCCO1)C1CCCc2cccnc21. The molecule has 4 nitrogen and oxygen atoms in total. The zero-order chi connectivity index (χ0) is 13.1. The normalized spacial score (nSPS) is 28.7. The van der Waals surface area contributed by atoms with Crippen molar-refractivity contribution in [1.82, 2.24) is 10.4 Å². The topological polar surface area (TPSA) is 60.2 Å². The first-order valence-corrected chi connectivity index (χ1v) is 8.15. The van der Waals surface area contributed by atoms with Crippen LogP contribution in [0.25, 0.3) is 0 Å². The number of ether oxygens (including phenoxy) is 1. The van der Waals surface area contributed by atoms with Gasteiger partial charge in [0.2, 0.25) is 0 Å². The fourth-order valence-electron chi connectivity index (χ4n) is 3.19. The molecule has 2 aliphatic rings. The number of aromatic nitrogens is 1. The Balaban J connectivity index is 1.83. The lowest BCUT2D eigenvalue weighted by molar-refractivity contribution is 0.0371. The van der Waals surface area contributed by atoms with Crippen LogP contribution in [0.2, 0.25) is 0 Å². The maximum Gasteiger partial charge on any atom is 0.0838 e. The van der Waals surface area contributed by atoms with Crippen molar-refractivity contribution in [3.63, 3.8) is 0 Å². The van der Waals surface area contributed by atoms with E-state index in [1.54, 1.807) is 0 Å². The third-order valence-electron chi connectivity index (χ3n) is 4.11. The second-order valence-electron chi connectivity index (χ2n) is 5.22. The Morgan fingerprint density at radius 1 is 1.53 bits per heavy atom. The smallest absolute Gasteiger partial charge is 0.0838 e. The first-order chi connectivity index (χ1) is 9.40. The molecule has 0 radical (unpaired) electrons. The van der Waals surface area contributed by atoms with Gasteiger partial charge in [-0.3, -0.25) is 16.3 Å². The summed E-state index contributed by atoms with van der Waals surface area (Å²) < 4.78 is 5.91. The van der Waals surface area contributed by atoms with Gasteiger partial charge >= 0.3 is 0 Å². The van der Waals surface area contributed by atoms with E-state index >= 15 is 0 Å². The van der Waals surface area contributed by atoms with Crippen LogP contribution in [0.4, 0.5) is 0 Å². The molecular formula is C14H21N3OS. The first-order valence-electron chi connectivity index (χ1n) is 6.99. The predicted octanol–water partition coefficient (Wildman–Crippen LogP) is 1.47.